The number of aliphatic hydroxyl groups excluding tert-OH is 1. The number of aliphatic hydroxyl groups is 1. The average Bonchev–Trinajstić information content (AvgIpc) is 3.33. The fourth-order valence-corrected chi connectivity index (χ4v) is 2.22. The molecule has 1 aromatic rings. The molecule has 1 atom stereocenters. The fourth-order valence-electron chi connectivity index (χ4n) is 2.22. The number of ether oxygens (including phenoxy) is 2. The van der Waals surface area contributed by atoms with Gasteiger partial charge in [-0.05, 0) is 43.0 Å². The second-order valence-corrected chi connectivity index (χ2v) is 6.43. The van der Waals surface area contributed by atoms with Crippen LogP contribution in [-0.2, 0) is 0 Å². The van der Waals surface area contributed by atoms with E-state index in [1.165, 1.54) is 19.3 Å². The van der Waals surface area contributed by atoms with Crippen LogP contribution in [0.15, 0.2) is 24.3 Å². The van der Waals surface area contributed by atoms with Crippen LogP contribution in [0.5, 0.6) is 11.5 Å². The van der Waals surface area contributed by atoms with Gasteiger partial charge in [0.25, 0.3) is 0 Å². The summed E-state index contributed by atoms with van der Waals surface area (Å²) in [7, 11) is 0. The van der Waals surface area contributed by atoms with Gasteiger partial charge in [-0.2, -0.15) is 0 Å². The lowest BCUT2D eigenvalue weighted by Crippen LogP contribution is -2.35. The van der Waals surface area contributed by atoms with E-state index in [1.54, 1.807) is 0 Å². The van der Waals surface area contributed by atoms with E-state index in [2.05, 4.69) is 19.2 Å². The van der Waals surface area contributed by atoms with Crippen molar-refractivity contribution in [3.05, 3.63) is 24.3 Å². The summed E-state index contributed by atoms with van der Waals surface area (Å²) in [5, 5.41) is 13.0. The molecule has 0 amide bonds. The van der Waals surface area contributed by atoms with Crippen LogP contribution < -0.4 is 14.8 Å². The van der Waals surface area contributed by atoms with Crippen molar-refractivity contribution in [3.8, 4) is 11.5 Å². The Morgan fingerprint density at radius 3 is 2.36 bits per heavy atom. The maximum Gasteiger partial charge on any atom is 0.119 e. The maximum absolute atomic E-state index is 9.79. The van der Waals surface area contributed by atoms with Crippen molar-refractivity contribution in [1.29, 1.82) is 0 Å². The van der Waals surface area contributed by atoms with E-state index in [4.69, 9.17) is 9.47 Å². The second-order valence-electron chi connectivity index (χ2n) is 6.43. The van der Waals surface area contributed by atoms with Gasteiger partial charge in [0, 0.05) is 12.6 Å². The molecule has 0 heterocycles. The number of hydrogen-bond acceptors (Lipinski definition) is 4. The predicted molar refractivity (Wildman–Crippen MR) is 88.5 cm³/mol. The normalized spacial score (nSPS) is 15.8. The van der Waals surface area contributed by atoms with Gasteiger partial charge < -0.3 is 19.9 Å². The first-order valence-corrected chi connectivity index (χ1v) is 8.40. The summed E-state index contributed by atoms with van der Waals surface area (Å²) in [4.78, 5) is 0. The van der Waals surface area contributed by atoms with Gasteiger partial charge in [0.1, 0.15) is 24.2 Å². The van der Waals surface area contributed by atoms with Crippen molar-refractivity contribution < 1.29 is 14.6 Å². The summed E-state index contributed by atoms with van der Waals surface area (Å²) in [5.41, 5.74) is 0. The molecule has 1 aliphatic carbocycles. The van der Waals surface area contributed by atoms with Crippen molar-refractivity contribution in [2.75, 3.05) is 19.8 Å². The lowest BCUT2D eigenvalue weighted by atomic mass is 10.2. The number of nitrogens with one attached hydrogen (secondary N) is 1. The van der Waals surface area contributed by atoms with Gasteiger partial charge in [0.05, 0.1) is 6.61 Å². The van der Waals surface area contributed by atoms with Crippen molar-refractivity contribution in [2.24, 2.45) is 5.92 Å². The van der Waals surface area contributed by atoms with Gasteiger partial charge in [0.2, 0.25) is 0 Å². The molecule has 2 rings (SSSR count). The fraction of sp³-hybridized carbons (Fsp3) is 0.667. The molecule has 0 saturated heterocycles. The monoisotopic (exact) mass is 307 g/mol. The molecule has 1 aliphatic rings. The van der Waals surface area contributed by atoms with Crippen LogP contribution in [0.3, 0.4) is 0 Å². The molecule has 4 nitrogen and oxygen atoms in total. The third-order valence-electron chi connectivity index (χ3n) is 3.75. The molecule has 2 N–H and O–H groups in total. The van der Waals surface area contributed by atoms with Crippen LogP contribution in [0, 0.1) is 5.92 Å². The van der Waals surface area contributed by atoms with Crippen molar-refractivity contribution >= 4 is 0 Å². The van der Waals surface area contributed by atoms with E-state index >= 15 is 0 Å². The molecule has 1 saturated carbocycles. The quantitative estimate of drug-likeness (QED) is 0.617. The lowest BCUT2D eigenvalue weighted by Gasteiger charge is -2.15. The van der Waals surface area contributed by atoms with Gasteiger partial charge >= 0.3 is 0 Å². The first kappa shape index (κ1) is 17.1. The number of benzene rings is 1. The predicted octanol–water partition coefficient (Wildman–Crippen LogP) is 2.99. The minimum atomic E-state index is -0.499. The summed E-state index contributed by atoms with van der Waals surface area (Å²) in [5.74, 6) is 2.61. The molecule has 0 bridgehead atoms. The van der Waals surface area contributed by atoms with Gasteiger partial charge in [0.15, 0.2) is 0 Å². The molecule has 0 aliphatic heterocycles. The zero-order chi connectivity index (χ0) is 15.8. The lowest BCUT2D eigenvalue weighted by molar-refractivity contribution is 0.104. The first-order valence-electron chi connectivity index (χ1n) is 8.40. The molecule has 0 aromatic heterocycles. The van der Waals surface area contributed by atoms with Crippen molar-refractivity contribution in [1.82, 2.24) is 5.32 Å². The molecule has 0 spiro atoms. The highest BCUT2D eigenvalue weighted by Gasteiger charge is 2.20. The maximum atomic E-state index is 9.79. The molecule has 1 fully saturated rings. The minimum Gasteiger partial charge on any atom is -0.494 e. The summed E-state index contributed by atoms with van der Waals surface area (Å²) in [6, 6.07) is 7.99. The van der Waals surface area contributed by atoms with Crippen LogP contribution >= 0.6 is 0 Å². The summed E-state index contributed by atoms with van der Waals surface area (Å²) in [6.07, 6.45) is 4.75. The molecule has 22 heavy (non-hydrogen) atoms. The van der Waals surface area contributed by atoms with Crippen LogP contribution in [0.2, 0.25) is 0 Å². The van der Waals surface area contributed by atoms with Gasteiger partial charge in [-0.1, -0.05) is 26.7 Å². The molecule has 0 radical (unpaired) electrons. The Morgan fingerprint density at radius 1 is 1.14 bits per heavy atom. The molecule has 1 unspecified atom stereocenters. The summed E-state index contributed by atoms with van der Waals surface area (Å²) in [6.45, 7) is 5.73. The number of rotatable bonds is 11. The molecular formula is C18H29NO3. The third kappa shape index (κ3) is 7.14. The van der Waals surface area contributed by atoms with Crippen LogP contribution in [-0.4, -0.2) is 37.0 Å². The Morgan fingerprint density at radius 2 is 1.77 bits per heavy atom. The van der Waals surface area contributed by atoms with E-state index in [1.807, 2.05) is 24.3 Å². The van der Waals surface area contributed by atoms with E-state index in [0.29, 0.717) is 19.2 Å². The standard InChI is InChI=1S/C18H29NO3/c1-14(2)19-12-16(20)13-22-18-9-7-17(8-10-18)21-11-3-4-15-5-6-15/h7-10,14-16,19-20H,3-6,11-13H2,1-2H3. The Bertz CT molecular complexity index is 415. The van der Waals surface area contributed by atoms with Gasteiger partial charge in [-0.3, -0.25) is 0 Å². The van der Waals surface area contributed by atoms with E-state index in [0.717, 1.165) is 30.4 Å². The molecule has 4 heteroatoms. The SMILES string of the molecule is CC(C)NCC(O)COc1ccc(OCCCC2CC2)cc1. The summed E-state index contributed by atoms with van der Waals surface area (Å²) >= 11 is 0. The Hall–Kier alpha value is -1.26. The topological polar surface area (TPSA) is 50.7 Å². The third-order valence-corrected chi connectivity index (χ3v) is 3.75. The zero-order valence-electron chi connectivity index (χ0n) is 13.8. The Balaban J connectivity index is 1.60. The first-order chi connectivity index (χ1) is 10.6. The van der Waals surface area contributed by atoms with Crippen molar-refractivity contribution in [2.45, 2.75) is 51.7 Å². The smallest absolute Gasteiger partial charge is 0.119 e. The highest BCUT2D eigenvalue weighted by atomic mass is 16.5. The minimum absolute atomic E-state index is 0.293. The van der Waals surface area contributed by atoms with Crippen LogP contribution in [0.4, 0.5) is 0 Å². The number of hydrogen-bond donors (Lipinski definition) is 2. The van der Waals surface area contributed by atoms with Gasteiger partial charge in [-0.25, -0.2) is 0 Å². The summed E-state index contributed by atoms with van der Waals surface area (Å²) < 4.78 is 11.3. The molecular weight excluding hydrogens is 278 g/mol. The molecule has 124 valence electrons. The van der Waals surface area contributed by atoms with Crippen molar-refractivity contribution in [3.63, 3.8) is 0 Å². The average molecular weight is 307 g/mol. The van der Waals surface area contributed by atoms with Crippen LogP contribution in [0.1, 0.15) is 39.5 Å². The van der Waals surface area contributed by atoms with E-state index < -0.39 is 6.10 Å². The molecule has 1 aromatic carbocycles. The highest BCUT2D eigenvalue weighted by molar-refractivity contribution is 5.31. The van der Waals surface area contributed by atoms with Crippen LogP contribution in [0.25, 0.3) is 0 Å². The van der Waals surface area contributed by atoms with E-state index in [-0.39, 0.29) is 0 Å². The highest BCUT2D eigenvalue weighted by Crippen LogP contribution is 2.33. The Labute approximate surface area is 133 Å². The largest absolute Gasteiger partial charge is 0.494 e. The Kier molecular flexibility index (Phi) is 7.00. The van der Waals surface area contributed by atoms with E-state index in [9.17, 15) is 5.11 Å². The zero-order valence-corrected chi connectivity index (χ0v) is 13.8. The second kappa shape index (κ2) is 9.01. The van der Waals surface area contributed by atoms with Gasteiger partial charge in [-0.15, -0.1) is 0 Å².